The number of amides is 1. The number of carboxylic acids is 2. The molecule has 0 radical (unpaired) electrons. The number of aryl methyl sites for hydroxylation is 1. The summed E-state index contributed by atoms with van der Waals surface area (Å²) in [6.45, 7) is 11.4. The number of fused-ring (bicyclic) bond motifs is 1. The van der Waals surface area contributed by atoms with Gasteiger partial charge in [0.2, 0.25) is 0 Å². The van der Waals surface area contributed by atoms with E-state index in [9.17, 15) is 4.79 Å². The maximum Gasteiger partial charge on any atom is 0.351 e. The van der Waals surface area contributed by atoms with Gasteiger partial charge >= 0.3 is 5.97 Å². The topological polar surface area (TPSA) is 124 Å². The molecular weight excluding hydrogens is 458 g/mol. The molecule has 3 N–H and O–H groups in total. The minimum Gasteiger partial charge on any atom is -0.539 e. The molecule has 2 rings (SSSR count). The molecule has 0 spiro atoms. The van der Waals surface area contributed by atoms with Gasteiger partial charge in [-0.2, -0.15) is 0 Å². The minimum atomic E-state index is -2.07. The van der Waals surface area contributed by atoms with Gasteiger partial charge in [0.25, 0.3) is 5.91 Å². The van der Waals surface area contributed by atoms with Gasteiger partial charge in [-0.25, -0.2) is 4.79 Å². The molecule has 8 heteroatoms. The Hall–Kier alpha value is -3.00. The molecule has 0 saturated heterocycles. The first-order valence-electron chi connectivity index (χ1n) is 13.2. The normalized spacial score (nSPS) is 10.7. The van der Waals surface area contributed by atoms with Crippen molar-refractivity contribution in [2.24, 2.45) is 0 Å². The van der Waals surface area contributed by atoms with E-state index in [1.54, 1.807) is 0 Å². The number of aromatic nitrogens is 1. The van der Waals surface area contributed by atoms with E-state index in [1.807, 2.05) is 18.2 Å². The van der Waals surface area contributed by atoms with Crippen molar-refractivity contribution in [2.45, 2.75) is 85.5 Å². The van der Waals surface area contributed by atoms with Gasteiger partial charge in [0.1, 0.15) is 0 Å². The number of aliphatic carboxylic acids is 2. The van der Waals surface area contributed by atoms with Crippen LogP contribution in [0.1, 0.15) is 83.4 Å². The monoisotopic (exact) mass is 501 g/mol. The van der Waals surface area contributed by atoms with Crippen LogP contribution in [0.25, 0.3) is 10.9 Å². The van der Waals surface area contributed by atoms with Crippen LogP contribution >= 0.6 is 0 Å². The largest absolute Gasteiger partial charge is 0.539 e. The number of benzene rings is 1. The maximum atomic E-state index is 13.0. The van der Waals surface area contributed by atoms with Gasteiger partial charge in [-0.15, -0.1) is 0 Å². The van der Waals surface area contributed by atoms with Crippen LogP contribution in [0.3, 0.4) is 0 Å². The summed E-state index contributed by atoms with van der Waals surface area (Å²) in [5.74, 6) is -3.89. The van der Waals surface area contributed by atoms with Gasteiger partial charge in [0.05, 0.1) is 24.3 Å². The number of para-hydroxylation sites is 1. The number of carbonyl (C=O) groups is 3. The van der Waals surface area contributed by atoms with E-state index in [1.165, 1.54) is 56.3 Å². The Morgan fingerprint density at radius 3 is 2.00 bits per heavy atom. The third kappa shape index (κ3) is 11.2. The summed E-state index contributed by atoms with van der Waals surface area (Å²) in [5, 5.41) is 20.6. The molecule has 0 aliphatic carbocycles. The Morgan fingerprint density at radius 1 is 0.944 bits per heavy atom. The van der Waals surface area contributed by atoms with Crippen LogP contribution in [-0.4, -0.2) is 47.6 Å². The molecule has 0 atom stereocenters. The van der Waals surface area contributed by atoms with E-state index >= 15 is 0 Å². The lowest BCUT2D eigenvalue weighted by Crippen LogP contribution is -3.13. The molecule has 0 aliphatic rings. The van der Waals surface area contributed by atoms with E-state index in [2.05, 4.69) is 39.1 Å². The molecule has 36 heavy (non-hydrogen) atoms. The van der Waals surface area contributed by atoms with Crippen molar-refractivity contribution in [3.63, 3.8) is 0 Å². The zero-order valence-electron chi connectivity index (χ0n) is 22.3. The van der Waals surface area contributed by atoms with E-state index in [0.29, 0.717) is 6.54 Å². The fourth-order valence-corrected chi connectivity index (χ4v) is 4.18. The van der Waals surface area contributed by atoms with Crippen molar-refractivity contribution >= 4 is 34.4 Å². The highest BCUT2D eigenvalue weighted by Gasteiger charge is 2.17. The van der Waals surface area contributed by atoms with Crippen molar-refractivity contribution in [3.8, 4) is 0 Å². The molecule has 1 aromatic heterocycles. The first kappa shape index (κ1) is 31.0. The smallest absolute Gasteiger partial charge is 0.351 e. The van der Waals surface area contributed by atoms with E-state index in [0.717, 1.165) is 47.4 Å². The molecule has 1 amide bonds. The summed E-state index contributed by atoms with van der Waals surface area (Å²) in [6, 6.07) is 8.12. The van der Waals surface area contributed by atoms with Crippen LogP contribution in [0.5, 0.6) is 0 Å². The number of anilines is 1. The molecule has 1 aromatic carbocycles. The lowest BCUT2D eigenvalue weighted by molar-refractivity contribution is -0.892. The van der Waals surface area contributed by atoms with E-state index in [4.69, 9.17) is 24.8 Å². The second-order valence-electron chi connectivity index (χ2n) is 9.12. The number of nitrogens with zero attached hydrogens (tertiary/aromatic N) is 1. The second kappa shape index (κ2) is 17.4. The van der Waals surface area contributed by atoms with Crippen LogP contribution < -0.4 is 15.3 Å². The number of hydrogen-bond donors (Lipinski definition) is 3. The predicted octanol–water partition coefficient (Wildman–Crippen LogP) is 2.91. The molecular formula is C28H43N3O5. The van der Waals surface area contributed by atoms with Gasteiger partial charge in [0.15, 0.2) is 12.5 Å². The van der Waals surface area contributed by atoms with Crippen molar-refractivity contribution in [1.29, 1.82) is 0 Å². The molecule has 200 valence electrons. The van der Waals surface area contributed by atoms with Gasteiger partial charge in [0, 0.05) is 11.1 Å². The van der Waals surface area contributed by atoms with Crippen LogP contribution in [0, 0.1) is 6.92 Å². The van der Waals surface area contributed by atoms with Gasteiger partial charge < -0.3 is 25.2 Å². The average molecular weight is 502 g/mol. The number of unbranched alkanes of at least 4 members (excludes halogenated alkanes) is 6. The van der Waals surface area contributed by atoms with Crippen LogP contribution in [-0.2, 0) is 20.8 Å². The standard InChI is InChI=1S/C26H41N3O.C2H2O4/c1-5-8-10-14-18-29(19-15-11-9-6-2)20-25(30)28-26-21(4)23(7-3)27-24-17-13-12-16-22(24)26;3-1(4)2(5)6/h12-13,16-17H,5-11,14-15,18-20H2,1-4H3,(H,27,28,30);(H,3,4)(H,5,6). The average Bonchev–Trinajstić information content (AvgIpc) is 2.86. The number of pyridine rings is 1. The van der Waals surface area contributed by atoms with Gasteiger partial charge in [-0.1, -0.05) is 64.7 Å². The second-order valence-corrected chi connectivity index (χ2v) is 9.12. The third-order valence-corrected chi connectivity index (χ3v) is 6.19. The first-order chi connectivity index (χ1) is 17.2. The summed E-state index contributed by atoms with van der Waals surface area (Å²) in [7, 11) is 0. The Morgan fingerprint density at radius 2 is 1.50 bits per heavy atom. The van der Waals surface area contributed by atoms with E-state index < -0.39 is 11.9 Å². The lowest BCUT2D eigenvalue weighted by Gasteiger charge is -2.20. The SMILES string of the molecule is CCCCCC[NH+](CCCCCC)CC(=O)Nc1c(C)c(CC)nc2ccccc12.O=C([O-])C(=O)O. The summed E-state index contributed by atoms with van der Waals surface area (Å²) in [5.41, 5.74) is 4.06. The van der Waals surface area contributed by atoms with Crippen molar-refractivity contribution in [3.05, 3.63) is 35.5 Å². The zero-order chi connectivity index (χ0) is 26.9. The fraction of sp³-hybridized carbons (Fsp3) is 0.571. The highest BCUT2D eigenvalue weighted by atomic mass is 16.4. The molecule has 0 aliphatic heterocycles. The van der Waals surface area contributed by atoms with Gasteiger partial charge in [-0.3, -0.25) is 9.78 Å². The Kier molecular flexibility index (Phi) is 15.0. The highest BCUT2D eigenvalue weighted by Crippen LogP contribution is 2.28. The van der Waals surface area contributed by atoms with Crippen LogP contribution in [0.15, 0.2) is 24.3 Å². The highest BCUT2D eigenvalue weighted by molar-refractivity contribution is 6.26. The van der Waals surface area contributed by atoms with Crippen LogP contribution in [0.2, 0.25) is 0 Å². The lowest BCUT2D eigenvalue weighted by atomic mass is 10.1. The summed E-state index contributed by atoms with van der Waals surface area (Å²) < 4.78 is 0. The van der Waals surface area contributed by atoms with E-state index in [-0.39, 0.29) is 5.91 Å². The Balaban J connectivity index is 0.000000960. The number of hydrogen-bond acceptors (Lipinski definition) is 5. The maximum absolute atomic E-state index is 13.0. The summed E-state index contributed by atoms with van der Waals surface area (Å²) in [4.78, 5) is 37.3. The molecule has 2 aromatic rings. The first-order valence-corrected chi connectivity index (χ1v) is 13.2. The zero-order valence-corrected chi connectivity index (χ0v) is 22.3. The number of carbonyl (C=O) groups excluding carboxylic acids is 2. The van der Waals surface area contributed by atoms with Crippen molar-refractivity contribution in [1.82, 2.24) is 4.98 Å². The van der Waals surface area contributed by atoms with Crippen LogP contribution in [0.4, 0.5) is 5.69 Å². The third-order valence-electron chi connectivity index (χ3n) is 6.19. The predicted molar refractivity (Wildman–Crippen MR) is 141 cm³/mol. The summed E-state index contributed by atoms with van der Waals surface area (Å²) in [6.07, 6.45) is 10.9. The fourth-order valence-electron chi connectivity index (χ4n) is 4.18. The molecule has 0 bridgehead atoms. The Bertz CT molecular complexity index is 953. The molecule has 0 fully saturated rings. The number of rotatable bonds is 14. The molecule has 8 nitrogen and oxygen atoms in total. The van der Waals surface area contributed by atoms with Gasteiger partial charge in [-0.05, 0) is 50.7 Å². The number of quaternary nitrogens is 1. The van der Waals surface area contributed by atoms with Crippen molar-refractivity contribution < 1.29 is 29.5 Å². The number of nitrogens with one attached hydrogen (secondary N) is 2. The molecule has 0 unspecified atom stereocenters. The quantitative estimate of drug-likeness (QED) is 0.270. The van der Waals surface area contributed by atoms with Crippen molar-refractivity contribution in [2.75, 3.05) is 25.0 Å². The Labute approximate surface area is 215 Å². The molecule has 1 heterocycles. The minimum absolute atomic E-state index is 0.123. The molecule has 0 saturated carbocycles. The summed E-state index contributed by atoms with van der Waals surface area (Å²) >= 11 is 0. The number of carboxylic acid groups (broad SMARTS) is 2.